The highest BCUT2D eigenvalue weighted by Gasteiger charge is 2.44. The van der Waals surface area contributed by atoms with Gasteiger partial charge in [-0.1, -0.05) is 36.2 Å². The van der Waals surface area contributed by atoms with E-state index >= 15 is 0 Å². The molecule has 1 saturated heterocycles. The number of hydrogen-bond acceptors (Lipinski definition) is 5. The van der Waals surface area contributed by atoms with Gasteiger partial charge in [0.25, 0.3) is 5.91 Å². The number of carbonyl (C=O) groups excluding carboxylic acids is 1. The van der Waals surface area contributed by atoms with Crippen molar-refractivity contribution < 1.29 is 9.18 Å². The van der Waals surface area contributed by atoms with Crippen molar-refractivity contribution in [3.05, 3.63) is 65.6 Å². The van der Waals surface area contributed by atoms with Gasteiger partial charge in [0.05, 0.1) is 22.6 Å². The molecule has 1 aliphatic carbocycles. The van der Waals surface area contributed by atoms with Crippen molar-refractivity contribution in [1.82, 2.24) is 14.2 Å². The van der Waals surface area contributed by atoms with Gasteiger partial charge in [-0.05, 0) is 48.4 Å². The summed E-state index contributed by atoms with van der Waals surface area (Å²) in [5.74, 6) is -0.448. The molecule has 7 heteroatoms. The predicted octanol–water partition coefficient (Wildman–Crippen LogP) is 4.63. The van der Waals surface area contributed by atoms with Crippen molar-refractivity contribution in [3.8, 4) is 17.2 Å². The maximum atomic E-state index is 14.2. The zero-order valence-electron chi connectivity index (χ0n) is 17.8. The Morgan fingerprint density at radius 3 is 2.47 bits per heavy atom. The van der Waals surface area contributed by atoms with E-state index in [2.05, 4.69) is 15.4 Å². The van der Waals surface area contributed by atoms with Crippen molar-refractivity contribution in [2.75, 3.05) is 32.4 Å². The Hall–Kier alpha value is -2.95. The smallest absolute Gasteiger partial charge is 0.256 e. The molecule has 0 N–H and O–H groups in total. The van der Waals surface area contributed by atoms with Crippen LogP contribution in [0.5, 0.6) is 0 Å². The fraction of sp³-hybridized carbons (Fsp3) is 0.320. The summed E-state index contributed by atoms with van der Waals surface area (Å²) in [6.07, 6.45) is 5.40. The van der Waals surface area contributed by atoms with Crippen LogP contribution in [-0.2, 0) is 5.41 Å². The van der Waals surface area contributed by atoms with Crippen LogP contribution in [0.2, 0.25) is 0 Å². The standard InChI is InChI=1S/C25H23FN4OS/c1-32-30-12-10-29(11-13-30)24(31)21-15-28-22-7-6-19(26)14-20(22)23(21)17-2-4-18(5-3-17)25(16-27)8-9-25/h2-7,14-15H,8-13H2,1H3. The average molecular weight is 447 g/mol. The molecule has 0 unspecified atom stereocenters. The molecule has 1 saturated carbocycles. The van der Waals surface area contributed by atoms with Crippen LogP contribution in [0.25, 0.3) is 22.0 Å². The minimum absolute atomic E-state index is 0.0841. The summed E-state index contributed by atoms with van der Waals surface area (Å²) in [7, 11) is 0. The van der Waals surface area contributed by atoms with Gasteiger partial charge in [0, 0.05) is 43.3 Å². The van der Waals surface area contributed by atoms with Crippen LogP contribution in [0.15, 0.2) is 48.7 Å². The number of aromatic nitrogens is 1. The Bertz CT molecular complexity index is 1230. The van der Waals surface area contributed by atoms with E-state index in [1.807, 2.05) is 35.4 Å². The number of halogens is 1. The van der Waals surface area contributed by atoms with Crippen LogP contribution in [0.3, 0.4) is 0 Å². The molecule has 0 spiro atoms. The number of fused-ring (bicyclic) bond motifs is 1. The van der Waals surface area contributed by atoms with Gasteiger partial charge in [0.15, 0.2) is 0 Å². The zero-order chi connectivity index (χ0) is 22.3. The van der Waals surface area contributed by atoms with Gasteiger partial charge >= 0.3 is 0 Å². The van der Waals surface area contributed by atoms with Gasteiger partial charge in [0.2, 0.25) is 0 Å². The average Bonchev–Trinajstić information content (AvgIpc) is 3.64. The minimum Gasteiger partial charge on any atom is -0.336 e. The van der Waals surface area contributed by atoms with Gasteiger partial charge in [0.1, 0.15) is 5.82 Å². The molecule has 2 fully saturated rings. The molecule has 0 bridgehead atoms. The third-order valence-corrected chi connectivity index (χ3v) is 7.42. The Kier molecular flexibility index (Phi) is 5.36. The number of benzene rings is 2. The van der Waals surface area contributed by atoms with Gasteiger partial charge in [-0.25, -0.2) is 8.70 Å². The topological polar surface area (TPSA) is 60.2 Å². The zero-order valence-corrected chi connectivity index (χ0v) is 18.7. The van der Waals surface area contributed by atoms with Gasteiger partial charge in [-0.3, -0.25) is 9.78 Å². The number of pyridine rings is 1. The normalized spacial score (nSPS) is 17.8. The quantitative estimate of drug-likeness (QED) is 0.547. The van der Waals surface area contributed by atoms with E-state index in [-0.39, 0.29) is 17.1 Å². The summed E-state index contributed by atoms with van der Waals surface area (Å²) in [6, 6.07) is 14.7. The lowest BCUT2D eigenvalue weighted by Crippen LogP contribution is -2.46. The first-order valence-corrected chi connectivity index (χ1v) is 11.9. The molecule has 0 radical (unpaired) electrons. The Balaban J connectivity index is 1.59. The molecule has 162 valence electrons. The third kappa shape index (κ3) is 3.64. The Morgan fingerprint density at radius 2 is 1.84 bits per heavy atom. The number of amides is 1. The third-order valence-electron chi connectivity index (χ3n) is 6.53. The van der Waals surface area contributed by atoms with Gasteiger partial charge in [-0.2, -0.15) is 5.26 Å². The molecule has 5 nitrogen and oxygen atoms in total. The van der Waals surface area contributed by atoms with Crippen molar-refractivity contribution >= 4 is 28.8 Å². The van der Waals surface area contributed by atoms with Crippen LogP contribution >= 0.6 is 11.9 Å². The van der Waals surface area contributed by atoms with E-state index in [1.165, 1.54) is 12.1 Å². The number of nitriles is 1. The summed E-state index contributed by atoms with van der Waals surface area (Å²) in [4.78, 5) is 19.8. The van der Waals surface area contributed by atoms with Crippen LogP contribution in [0.1, 0.15) is 28.8 Å². The summed E-state index contributed by atoms with van der Waals surface area (Å²) in [6.45, 7) is 2.90. The van der Waals surface area contributed by atoms with Crippen molar-refractivity contribution in [2.24, 2.45) is 0 Å². The van der Waals surface area contributed by atoms with Gasteiger partial charge < -0.3 is 4.90 Å². The summed E-state index contributed by atoms with van der Waals surface area (Å²) in [5.41, 5.74) is 3.27. The highest BCUT2D eigenvalue weighted by atomic mass is 32.2. The fourth-order valence-electron chi connectivity index (χ4n) is 4.43. The molecule has 2 aromatic carbocycles. The molecular formula is C25H23FN4OS. The lowest BCUT2D eigenvalue weighted by molar-refractivity contribution is 0.0704. The lowest BCUT2D eigenvalue weighted by atomic mass is 9.91. The highest BCUT2D eigenvalue weighted by Crippen LogP contribution is 2.48. The van der Waals surface area contributed by atoms with Crippen LogP contribution in [0.4, 0.5) is 4.39 Å². The van der Waals surface area contributed by atoms with E-state index in [4.69, 9.17) is 0 Å². The maximum absolute atomic E-state index is 14.2. The number of hydrogen-bond donors (Lipinski definition) is 0. The Morgan fingerprint density at radius 1 is 1.12 bits per heavy atom. The van der Waals surface area contributed by atoms with E-state index < -0.39 is 0 Å². The molecule has 5 rings (SSSR count). The van der Waals surface area contributed by atoms with Crippen molar-refractivity contribution in [3.63, 3.8) is 0 Å². The molecule has 3 aromatic rings. The highest BCUT2D eigenvalue weighted by molar-refractivity contribution is 7.96. The summed E-state index contributed by atoms with van der Waals surface area (Å²) >= 11 is 1.69. The number of nitrogens with zero attached hydrogens (tertiary/aromatic N) is 4. The van der Waals surface area contributed by atoms with Crippen LogP contribution < -0.4 is 0 Å². The second kappa shape index (κ2) is 8.19. The molecule has 1 amide bonds. The predicted molar refractivity (Wildman–Crippen MR) is 125 cm³/mol. The monoisotopic (exact) mass is 446 g/mol. The molecule has 2 aliphatic rings. The SMILES string of the molecule is CSN1CCN(C(=O)c2cnc3ccc(F)cc3c2-c2ccc(C3(C#N)CC3)cc2)CC1. The van der Waals surface area contributed by atoms with Gasteiger partial charge in [-0.15, -0.1) is 0 Å². The molecule has 1 aromatic heterocycles. The number of carbonyl (C=O) groups is 1. The number of rotatable bonds is 4. The van der Waals surface area contributed by atoms with E-state index in [0.29, 0.717) is 35.1 Å². The van der Waals surface area contributed by atoms with Crippen LogP contribution in [-0.4, -0.2) is 52.5 Å². The Labute approximate surface area is 191 Å². The molecule has 2 heterocycles. The first-order chi connectivity index (χ1) is 15.5. The largest absolute Gasteiger partial charge is 0.336 e. The fourth-order valence-corrected chi connectivity index (χ4v) is 4.96. The molecule has 0 atom stereocenters. The van der Waals surface area contributed by atoms with Crippen LogP contribution in [0, 0.1) is 17.1 Å². The van der Waals surface area contributed by atoms with E-state index in [1.54, 1.807) is 24.2 Å². The summed E-state index contributed by atoms with van der Waals surface area (Å²) < 4.78 is 16.4. The van der Waals surface area contributed by atoms with E-state index in [9.17, 15) is 14.4 Å². The van der Waals surface area contributed by atoms with Crippen molar-refractivity contribution in [2.45, 2.75) is 18.3 Å². The second-order valence-electron chi connectivity index (χ2n) is 8.38. The minimum atomic E-state index is -0.374. The first-order valence-electron chi connectivity index (χ1n) is 10.7. The maximum Gasteiger partial charge on any atom is 0.256 e. The van der Waals surface area contributed by atoms with Crippen molar-refractivity contribution in [1.29, 1.82) is 5.26 Å². The van der Waals surface area contributed by atoms with E-state index in [0.717, 1.165) is 37.1 Å². The first kappa shape index (κ1) is 20.9. The molecular weight excluding hydrogens is 423 g/mol. The second-order valence-corrected chi connectivity index (χ2v) is 9.26. The molecule has 1 aliphatic heterocycles. The summed E-state index contributed by atoms with van der Waals surface area (Å²) in [5, 5.41) is 10.1. The molecule has 32 heavy (non-hydrogen) atoms. The number of piperazine rings is 1. The lowest BCUT2D eigenvalue weighted by Gasteiger charge is -2.33.